The molecule has 0 amide bonds. The molecular formula is C17H21NO3. The zero-order chi connectivity index (χ0) is 15.1. The lowest BCUT2D eigenvalue weighted by molar-refractivity contribution is -0.125. The number of ketones is 1. The van der Waals surface area contributed by atoms with Gasteiger partial charge in [-0.15, -0.1) is 0 Å². The molecule has 0 unspecified atom stereocenters. The molecule has 1 aliphatic rings. The van der Waals surface area contributed by atoms with E-state index in [-0.39, 0.29) is 18.3 Å². The Morgan fingerprint density at radius 3 is 2.67 bits per heavy atom. The predicted molar refractivity (Wildman–Crippen MR) is 79.4 cm³/mol. The van der Waals surface area contributed by atoms with Crippen molar-refractivity contribution in [3.05, 3.63) is 23.8 Å². The van der Waals surface area contributed by atoms with Crippen LogP contribution in [0, 0.1) is 17.2 Å². The van der Waals surface area contributed by atoms with E-state index in [2.05, 4.69) is 6.07 Å². The number of ether oxygens (including phenoxy) is 2. The van der Waals surface area contributed by atoms with Crippen molar-refractivity contribution in [3.63, 3.8) is 0 Å². The molecule has 0 saturated heterocycles. The van der Waals surface area contributed by atoms with Gasteiger partial charge in [0.25, 0.3) is 0 Å². The van der Waals surface area contributed by atoms with Crippen molar-refractivity contribution < 1.29 is 14.3 Å². The van der Waals surface area contributed by atoms with Crippen LogP contribution in [0.1, 0.15) is 44.6 Å². The zero-order valence-electron chi connectivity index (χ0n) is 12.4. The van der Waals surface area contributed by atoms with Crippen molar-refractivity contribution >= 4 is 5.78 Å². The third-order valence-electron chi connectivity index (χ3n) is 3.80. The Hall–Kier alpha value is -2.02. The monoisotopic (exact) mass is 287 g/mol. The maximum absolute atomic E-state index is 12.1. The molecule has 4 heteroatoms. The molecule has 0 bridgehead atoms. The average molecular weight is 287 g/mol. The second-order valence-electron chi connectivity index (χ2n) is 5.30. The van der Waals surface area contributed by atoms with E-state index in [9.17, 15) is 4.79 Å². The van der Waals surface area contributed by atoms with E-state index in [1.54, 1.807) is 18.2 Å². The van der Waals surface area contributed by atoms with E-state index in [0.717, 1.165) is 25.7 Å². The average Bonchev–Trinajstić information content (AvgIpc) is 2.54. The lowest BCUT2D eigenvalue weighted by Gasteiger charge is -2.20. The number of nitrogens with zero attached hydrogens (tertiary/aromatic N) is 1. The van der Waals surface area contributed by atoms with Crippen LogP contribution in [0.4, 0.5) is 0 Å². The molecule has 0 aliphatic heterocycles. The number of benzene rings is 1. The molecule has 112 valence electrons. The minimum atomic E-state index is 0.0800. The maximum Gasteiger partial charge on any atom is 0.173 e. The second-order valence-corrected chi connectivity index (χ2v) is 5.30. The van der Waals surface area contributed by atoms with E-state index in [0.29, 0.717) is 23.7 Å². The highest BCUT2D eigenvalue weighted by Gasteiger charge is 2.21. The Bertz CT molecular complexity index is 527. The van der Waals surface area contributed by atoms with Crippen molar-refractivity contribution in [1.29, 1.82) is 5.26 Å². The minimum absolute atomic E-state index is 0.0800. The number of hydrogen-bond acceptors (Lipinski definition) is 4. The number of carbonyl (C=O) groups is 1. The summed E-state index contributed by atoms with van der Waals surface area (Å²) in [5, 5.41) is 8.91. The fourth-order valence-electron chi connectivity index (χ4n) is 2.66. The topological polar surface area (TPSA) is 59.3 Å². The van der Waals surface area contributed by atoms with Crippen LogP contribution >= 0.6 is 0 Å². The Labute approximate surface area is 125 Å². The molecule has 0 radical (unpaired) electrons. The molecule has 1 fully saturated rings. The van der Waals surface area contributed by atoms with Crippen molar-refractivity contribution in [3.8, 4) is 17.6 Å². The SMILES string of the molecule is CCOc1cc(C#N)ccc1OCC(=O)C1CCCCC1. The smallest absolute Gasteiger partial charge is 0.173 e. The highest BCUT2D eigenvalue weighted by atomic mass is 16.5. The quantitative estimate of drug-likeness (QED) is 0.803. The molecule has 1 saturated carbocycles. The molecule has 0 spiro atoms. The molecule has 0 heterocycles. The summed E-state index contributed by atoms with van der Waals surface area (Å²) in [6, 6.07) is 7.07. The van der Waals surface area contributed by atoms with Crippen LogP contribution < -0.4 is 9.47 Å². The Morgan fingerprint density at radius 1 is 1.24 bits per heavy atom. The van der Waals surface area contributed by atoms with Crippen LogP contribution in [0.5, 0.6) is 11.5 Å². The van der Waals surface area contributed by atoms with Gasteiger partial charge in [0.1, 0.15) is 6.61 Å². The van der Waals surface area contributed by atoms with Gasteiger partial charge in [-0.1, -0.05) is 19.3 Å². The van der Waals surface area contributed by atoms with Crippen LogP contribution in [-0.4, -0.2) is 19.0 Å². The first-order valence-corrected chi connectivity index (χ1v) is 7.57. The summed E-state index contributed by atoms with van der Waals surface area (Å²) in [6.45, 7) is 2.44. The second kappa shape index (κ2) is 7.68. The molecule has 4 nitrogen and oxygen atoms in total. The van der Waals surface area contributed by atoms with E-state index < -0.39 is 0 Å². The highest BCUT2D eigenvalue weighted by molar-refractivity contribution is 5.82. The van der Waals surface area contributed by atoms with Gasteiger partial charge in [-0.05, 0) is 31.9 Å². The zero-order valence-corrected chi connectivity index (χ0v) is 12.4. The van der Waals surface area contributed by atoms with Crippen molar-refractivity contribution in [2.24, 2.45) is 5.92 Å². The Balaban J connectivity index is 1.98. The fraction of sp³-hybridized carbons (Fsp3) is 0.529. The van der Waals surface area contributed by atoms with Crippen LogP contribution in [0.3, 0.4) is 0 Å². The van der Waals surface area contributed by atoms with Crippen molar-refractivity contribution in [2.45, 2.75) is 39.0 Å². The number of nitriles is 1. The normalized spacial score (nSPS) is 15.2. The van der Waals surface area contributed by atoms with Gasteiger partial charge in [0.05, 0.1) is 18.2 Å². The van der Waals surface area contributed by atoms with Gasteiger partial charge >= 0.3 is 0 Å². The van der Waals surface area contributed by atoms with Gasteiger partial charge in [0, 0.05) is 12.0 Å². The van der Waals surface area contributed by atoms with Crippen LogP contribution in [0.25, 0.3) is 0 Å². The Morgan fingerprint density at radius 2 is 2.00 bits per heavy atom. The minimum Gasteiger partial charge on any atom is -0.490 e. The van der Waals surface area contributed by atoms with Crippen LogP contribution in [0.15, 0.2) is 18.2 Å². The standard InChI is InChI=1S/C17H21NO3/c1-2-20-17-10-13(11-18)8-9-16(17)21-12-15(19)14-6-4-3-5-7-14/h8-10,14H,2-7,12H2,1H3. The van der Waals surface area contributed by atoms with Crippen molar-refractivity contribution in [2.75, 3.05) is 13.2 Å². The summed E-state index contributed by atoms with van der Waals surface area (Å²) in [6.07, 6.45) is 5.46. The summed E-state index contributed by atoms with van der Waals surface area (Å²) >= 11 is 0. The summed E-state index contributed by atoms with van der Waals surface area (Å²) in [5.41, 5.74) is 0.518. The van der Waals surface area contributed by atoms with E-state index in [4.69, 9.17) is 14.7 Å². The lowest BCUT2D eigenvalue weighted by Crippen LogP contribution is -2.23. The first-order chi connectivity index (χ1) is 10.2. The summed E-state index contributed by atoms with van der Waals surface area (Å²) in [7, 11) is 0. The third kappa shape index (κ3) is 4.22. The van der Waals surface area contributed by atoms with E-state index in [1.807, 2.05) is 6.92 Å². The Kier molecular flexibility index (Phi) is 5.62. The van der Waals surface area contributed by atoms with Crippen molar-refractivity contribution in [1.82, 2.24) is 0 Å². The summed E-state index contributed by atoms with van der Waals surface area (Å²) in [5.74, 6) is 1.36. The molecule has 1 aromatic rings. The predicted octanol–water partition coefficient (Wildman–Crippen LogP) is 3.49. The number of rotatable bonds is 6. The molecule has 1 aromatic carbocycles. The van der Waals surface area contributed by atoms with Crippen LogP contribution in [0.2, 0.25) is 0 Å². The summed E-state index contributed by atoms with van der Waals surface area (Å²) < 4.78 is 11.1. The van der Waals surface area contributed by atoms with Gasteiger partial charge in [0.2, 0.25) is 0 Å². The molecule has 21 heavy (non-hydrogen) atoms. The number of carbonyl (C=O) groups excluding carboxylic acids is 1. The molecule has 0 atom stereocenters. The van der Waals surface area contributed by atoms with E-state index in [1.165, 1.54) is 6.42 Å². The van der Waals surface area contributed by atoms with Gasteiger partial charge in [-0.25, -0.2) is 0 Å². The largest absolute Gasteiger partial charge is 0.490 e. The van der Waals surface area contributed by atoms with Gasteiger partial charge in [-0.3, -0.25) is 4.79 Å². The van der Waals surface area contributed by atoms with Gasteiger partial charge in [-0.2, -0.15) is 5.26 Å². The lowest BCUT2D eigenvalue weighted by atomic mass is 9.86. The molecule has 0 aromatic heterocycles. The summed E-state index contributed by atoms with van der Waals surface area (Å²) in [4.78, 5) is 12.1. The third-order valence-corrected chi connectivity index (χ3v) is 3.80. The van der Waals surface area contributed by atoms with Crippen LogP contribution in [-0.2, 0) is 4.79 Å². The molecule has 2 rings (SSSR count). The molecule has 0 N–H and O–H groups in total. The molecular weight excluding hydrogens is 266 g/mol. The highest BCUT2D eigenvalue weighted by Crippen LogP contribution is 2.29. The number of hydrogen-bond donors (Lipinski definition) is 0. The number of Topliss-reactive ketones (excluding diaryl/α,β-unsaturated/α-hetero) is 1. The first kappa shape index (κ1) is 15.4. The van der Waals surface area contributed by atoms with Gasteiger partial charge in [0.15, 0.2) is 17.3 Å². The fourth-order valence-corrected chi connectivity index (χ4v) is 2.66. The van der Waals surface area contributed by atoms with E-state index >= 15 is 0 Å². The molecule has 1 aliphatic carbocycles. The maximum atomic E-state index is 12.1. The first-order valence-electron chi connectivity index (χ1n) is 7.57. The van der Waals surface area contributed by atoms with Gasteiger partial charge < -0.3 is 9.47 Å².